The number of hydrogen-bond donors (Lipinski definition) is 1. The molecule has 0 spiro atoms. The zero-order valence-electron chi connectivity index (χ0n) is 16.5. The Kier molecular flexibility index (Phi) is 4.42. The van der Waals surface area contributed by atoms with Gasteiger partial charge in [-0.05, 0) is 27.7 Å². The number of fused-ring (bicyclic) bond motifs is 4. The zero-order chi connectivity index (χ0) is 20.6. The van der Waals surface area contributed by atoms with Crippen molar-refractivity contribution in [3.63, 3.8) is 0 Å². The van der Waals surface area contributed by atoms with Crippen molar-refractivity contribution < 1.29 is 28.8 Å². The van der Waals surface area contributed by atoms with E-state index in [-0.39, 0.29) is 11.8 Å². The molecule has 6 atom stereocenters. The normalized spacial score (nSPS) is 38.4. The molecule has 0 aliphatic carbocycles. The third-order valence-electron chi connectivity index (χ3n) is 5.40. The van der Waals surface area contributed by atoms with Crippen LogP contribution in [0.3, 0.4) is 0 Å². The lowest BCUT2D eigenvalue weighted by Gasteiger charge is -2.42. The first kappa shape index (κ1) is 19.6. The van der Waals surface area contributed by atoms with Crippen LogP contribution in [0, 0.1) is 0 Å². The highest BCUT2D eigenvalue weighted by Gasteiger charge is 2.58. The number of aliphatic hydroxyl groups excluding tert-OH is 1. The van der Waals surface area contributed by atoms with Gasteiger partial charge in [-0.25, -0.2) is 15.0 Å². The minimum atomic E-state index is -1.08. The summed E-state index contributed by atoms with van der Waals surface area (Å²) < 4.78 is 32.0. The molecule has 158 valence electrons. The first-order valence-corrected chi connectivity index (χ1v) is 9.87. The molecular formula is C18H23ClN4O6. The van der Waals surface area contributed by atoms with Gasteiger partial charge in [-0.2, -0.15) is 0 Å². The van der Waals surface area contributed by atoms with Gasteiger partial charge in [-0.3, -0.25) is 4.57 Å². The van der Waals surface area contributed by atoms with Crippen molar-refractivity contribution in [1.29, 1.82) is 0 Å². The molecule has 0 saturated carbocycles. The molecule has 3 saturated heterocycles. The molecule has 0 aromatic carbocycles. The van der Waals surface area contributed by atoms with Crippen molar-refractivity contribution in [3.8, 4) is 0 Å². The van der Waals surface area contributed by atoms with Gasteiger partial charge in [0, 0.05) is 0 Å². The van der Waals surface area contributed by atoms with Crippen molar-refractivity contribution in [1.82, 2.24) is 19.5 Å². The predicted molar refractivity (Wildman–Crippen MR) is 99.0 cm³/mol. The van der Waals surface area contributed by atoms with Gasteiger partial charge in [0.1, 0.15) is 42.4 Å². The summed E-state index contributed by atoms with van der Waals surface area (Å²) in [6.07, 6.45) is -1.29. The maximum Gasteiger partial charge on any atom is 0.167 e. The maximum atomic E-state index is 11.3. The summed E-state index contributed by atoms with van der Waals surface area (Å²) in [5.74, 6) is -1.69. The molecule has 2 aromatic heterocycles. The molecule has 3 unspecified atom stereocenters. The lowest BCUT2D eigenvalue weighted by molar-refractivity contribution is -0.332. The van der Waals surface area contributed by atoms with Crippen molar-refractivity contribution in [3.05, 3.63) is 17.8 Å². The van der Waals surface area contributed by atoms with Crippen LogP contribution >= 0.6 is 11.6 Å². The number of hydrogen-bond acceptors (Lipinski definition) is 9. The average Bonchev–Trinajstić information content (AvgIpc) is 3.19. The fourth-order valence-corrected chi connectivity index (χ4v) is 4.38. The molecule has 3 fully saturated rings. The minimum Gasteiger partial charge on any atom is -0.386 e. The van der Waals surface area contributed by atoms with Crippen LogP contribution in [-0.2, 0) is 23.7 Å². The fraction of sp³-hybridized carbons (Fsp3) is 0.722. The highest BCUT2D eigenvalue weighted by atomic mass is 35.5. The summed E-state index contributed by atoms with van der Waals surface area (Å²) in [6, 6.07) is 0. The standard InChI is InChI=1S/C18H23ClN4O6/c1-17(2)25-5-8-11(27-17)13-12(28-18(3,4)29-13)10(24)16(26-8)23-7-22-9-14(19)20-6-21-15(9)23/h6-8,10-13,16,24H,5H2,1-4H3/t8?,10?,11-,12?,13+,16-/m1/s1. The average molecular weight is 427 g/mol. The van der Waals surface area contributed by atoms with E-state index in [9.17, 15) is 5.11 Å². The number of imidazole rings is 1. The van der Waals surface area contributed by atoms with Crippen molar-refractivity contribution in [2.75, 3.05) is 6.61 Å². The maximum absolute atomic E-state index is 11.3. The second-order valence-corrected chi connectivity index (χ2v) is 8.76. The van der Waals surface area contributed by atoms with Gasteiger partial charge < -0.3 is 28.8 Å². The molecule has 10 nitrogen and oxygen atoms in total. The van der Waals surface area contributed by atoms with Crippen LogP contribution in [0.5, 0.6) is 0 Å². The van der Waals surface area contributed by atoms with E-state index >= 15 is 0 Å². The molecule has 1 N–H and O–H groups in total. The summed E-state index contributed by atoms with van der Waals surface area (Å²) >= 11 is 6.13. The lowest BCUT2D eigenvalue weighted by atomic mass is 9.99. The molecule has 0 bridgehead atoms. The van der Waals surface area contributed by atoms with Gasteiger partial charge in [0.15, 0.2) is 28.6 Å². The molecule has 3 aliphatic rings. The Hall–Kier alpha value is -1.40. The molecule has 2 aromatic rings. The number of rotatable bonds is 1. The third-order valence-corrected chi connectivity index (χ3v) is 5.68. The first-order valence-electron chi connectivity index (χ1n) is 9.49. The lowest BCUT2D eigenvalue weighted by Crippen LogP contribution is -2.55. The van der Waals surface area contributed by atoms with E-state index in [4.69, 9.17) is 35.3 Å². The monoisotopic (exact) mass is 426 g/mol. The Morgan fingerprint density at radius 1 is 1.03 bits per heavy atom. The Labute approximate surface area is 172 Å². The SMILES string of the molecule is CC1(C)OCC2O[C@@H](n3cnc4c(Cl)ncnc43)C(O)C3OC(C)(C)O[C@H]3[C@@H]2O1. The zero-order valence-corrected chi connectivity index (χ0v) is 17.2. The Morgan fingerprint density at radius 3 is 2.55 bits per heavy atom. The van der Waals surface area contributed by atoms with E-state index in [1.807, 2.05) is 27.7 Å². The van der Waals surface area contributed by atoms with E-state index in [0.29, 0.717) is 11.2 Å². The fourth-order valence-electron chi connectivity index (χ4n) is 4.21. The van der Waals surface area contributed by atoms with Crippen molar-refractivity contribution in [2.24, 2.45) is 0 Å². The van der Waals surface area contributed by atoms with E-state index < -0.39 is 48.3 Å². The molecule has 29 heavy (non-hydrogen) atoms. The number of ether oxygens (including phenoxy) is 5. The first-order chi connectivity index (χ1) is 13.7. The van der Waals surface area contributed by atoms with Crippen molar-refractivity contribution >= 4 is 22.8 Å². The topological polar surface area (TPSA) is 110 Å². The van der Waals surface area contributed by atoms with Gasteiger partial charge in [0.05, 0.1) is 12.9 Å². The summed E-state index contributed by atoms with van der Waals surface area (Å²) in [6.45, 7) is 7.56. The molecule has 5 heterocycles. The molecule has 3 aliphatic heterocycles. The smallest absolute Gasteiger partial charge is 0.167 e. The number of aromatic nitrogens is 4. The van der Waals surface area contributed by atoms with E-state index in [1.54, 1.807) is 4.57 Å². The molecule has 11 heteroatoms. The minimum absolute atomic E-state index is 0.222. The molecule has 0 amide bonds. The van der Waals surface area contributed by atoms with E-state index in [2.05, 4.69) is 15.0 Å². The van der Waals surface area contributed by atoms with Crippen LogP contribution in [0.1, 0.15) is 33.9 Å². The van der Waals surface area contributed by atoms with Crippen LogP contribution in [0.25, 0.3) is 11.2 Å². The van der Waals surface area contributed by atoms with Gasteiger partial charge in [-0.15, -0.1) is 0 Å². The van der Waals surface area contributed by atoms with Crippen LogP contribution in [-0.4, -0.2) is 73.3 Å². The Balaban J connectivity index is 1.58. The van der Waals surface area contributed by atoms with Gasteiger partial charge in [0.2, 0.25) is 0 Å². The Morgan fingerprint density at radius 2 is 1.76 bits per heavy atom. The van der Waals surface area contributed by atoms with Gasteiger partial charge in [0.25, 0.3) is 0 Å². The third kappa shape index (κ3) is 3.23. The van der Waals surface area contributed by atoms with E-state index in [1.165, 1.54) is 12.7 Å². The number of halogens is 1. The van der Waals surface area contributed by atoms with Gasteiger partial charge in [-0.1, -0.05) is 11.6 Å². The van der Waals surface area contributed by atoms with Crippen LogP contribution < -0.4 is 0 Å². The molecule has 0 radical (unpaired) electrons. The summed E-state index contributed by atoms with van der Waals surface area (Å²) in [5.41, 5.74) is 0.865. The Bertz CT molecular complexity index is 936. The number of aliphatic hydroxyl groups is 1. The highest BCUT2D eigenvalue weighted by molar-refractivity contribution is 6.33. The second-order valence-electron chi connectivity index (χ2n) is 8.40. The summed E-state index contributed by atoms with van der Waals surface area (Å²) in [5, 5.41) is 11.5. The van der Waals surface area contributed by atoms with E-state index in [0.717, 1.165) is 0 Å². The quantitative estimate of drug-likeness (QED) is 0.676. The molecular weight excluding hydrogens is 404 g/mol. The number of nitrogens with zero attached hydrogens (tertiary/aromatic N) is 4. The summed E-state index contributed by atoms with van der Waals surface area (Å²) in [4.78, 5) is 12.5. The second kappa shape index (κ2) is 6.55. The van der Waals surface area contributed by atoms with Crippen molar-refractivity contribution in [2.45, 2.75) is 76.0 Å². The summed E-state index contributed by atoms with van der Waals surface area (Å²) in [7, 11) is 0. The largest absolute Gasteiger partial charge is 0.386 e. The predicted octanol–water partition coefficient (Wildman–Crippen LogP) is 1.41. The van der Waals surface area contributed by atoms with Crippen LogP contribution in [0.4, 0.5) is 0 Å². The van der Waals surface area contributed by atoms with Gasteiger partial charge >= 0.3 is 0 Å². The highest BCUT2D eigenvalue weighted by Crippen LogP contribution is 2.43. The molecule has 5 rings (SSSR count). The van der Waals surface area contributed by atoms with Crippen LogP contribution in [0.15, 0.2) is 12.7 Å². The van der Waals surface area contributed by atoms with Crippen LogP contribution in [0.2, 0.25) is 5.15 Å².